The predicted molar refractivity (Wildman–Crippen MR) is 429 cm³/mol. The van der Waals surface area contributed by atoms with Crippen molar-refractivity contribution in [2.75, 3.05) is 14.2 Å². The lowest BCUT2D eigenvalue weighted by molar-refractivity contribution is -0.119. The summed E-state index contributed by atoms with van der Waals surface area (Å²) in [5, 5.41) is 0. The molecule has 3 atom stereocenters. The van der Waals surface area contributed by atoms with Gasteiger partial charge in [0, 0.05) is 52.7 Å². The lowest BCUT2D eigenvalue weighted by atomic mass is 9.99. The molecule has 0 saturated heterocycles. The molecule has 1 aliphatic rings. The first-order valence-corrected chi connectivity index (χ1v) is 41.6. The number of carbonyl (C=O) groups is 1. The Morgan fingerprint density at radius 1 is 0.427 bits per heavy atom. The second-order valence-electron chi connectivity index (χ2n) is 25.2. The van der Waals surface area contributed by atoms with Gasteiger partial charge in [-0.2, -0.15) is 0 Å². The molecule has 89 heavy (non-hydrogen) atoms. The number of ether oxygens (including phenoxy) is 2. The summed E-state index contributed by atoms with van der Waals surface area (Å²) in [6.07, 6.45) is 83.1. The van der Waals surface area contributed by atoms with E-state index in [1.165, 1.54) is 311 Å². The monoisotopic (exact) mass is 1290 g/mol. The molecule has 0 bridgehead atoms. The third-order valence-corrected chi connectivity index (χ3v) is 18.6. The molecule has 542 valence electrons. The summed E-state index contributed by atoms with van der Waals surface area (Å²) in [4.78, 5) is 11.6. The van der Waals surface area contributed by atoms with Gasteiger partial charge in [-0.15, -0.1) is 11.8 Å². The number of Topliss-reactive ketones (excluding diaryl/α,β-unsaturated/α-hetero) is 1. The second-order valence-corrected chi connectivity index (χ2v) is 28.4. The maximum Gasteiger partial charge on any atom is 0.132 e. The van der Waals surface area contributed by atoms with E-state index in [2.05, 4.69) is 111 Å². The van der Waals surface area contributed by atoms with E-state index in [1.54, 1.807) is 6.04 Å². The molecule has 0 aromatic heterocycles. The molecular weight excluding hydrogens is 1110 g/mol. The molecule has 5 heteroatoms. The van der Waals surface area contributed by atoms with Crippen LogP contribution < -0.4 is 0 Å². The molecular formula is C84H180O3Si2. The first-order valence-electron chi connectivity index (χ1n) is 38.2. The number of methoxy groups -OCH3 is 2. The van der Waals surface area contributed by atoms with E-state index < -0.39 is 0 Å². The molecule has 1 aliphatic carbocycles. The van der Waals surface area contributed by atoms with E-state index in [-0.39, 0.29) is 49.3 Å². The van der Waals surface area contributed by atoms with Gasteiger partial charge in [0.25, 0.3) is 0 Å². The summed E-state index contributed by atoms with van der Waals surface area (Å²) in [7, 11) is 5.38. The van der Waals surface area contributed by atoms with E-state index in [9.17, 15) is 4.79 Å². The third-order valence-electron chi connectivity index (χ3n) is 16.4. The minimum atomic E-state index is 0. The Labute approximate surface area is 575 Å². The van der Waals surface area contributed by atoms with Crippen LogP contribution in [0.2, 0.25) is 18.1 Å². The van der Waals surface area contributed by atoms with Crippen LogP contribution in [0.15, 0.2) is 36.5 Å². The van der Waals surface area contributed by atoms with Gasteiger partial charge in [-0.1, -0.05) is 418 Å². The van der Waals surface area contributed by atoms with E-state index in [4.69, 9.17) is 9.47 Å². The summed E-state index contributed by atoms with van der Waals surface area (Å²) in [6, 6.07) is 4.44. The Hall–Kier alpha value is -1.20. The van der Waals surface area contributed by atoms with Crippen LogP contribution in [-0.2, 0) is 14.3 Å². The molecule has 0 amide bonds. The van der Waals surface area contributed by atoms with Gasteiger partial charge in [-0.05, 0) is 64.3 Å². The molecule has 1 rings (SSSR count). The zero-order valence-electron chi connectivity index (χ0n) is 60.5. The van der Waals surface area contributed by atoms with Gasteiger partial charge in [-0.3, -0.25) is 4.79 Å². The van der Waals surface area contributed by atoms with Crippen molar-refractivity contribution in [2.24, 2.45) is 5.92 Å². The van der Waals surface area contributed by atoms with Crippen molar-refractivity contribution in [1.82, 2.24) is 0 Å². The smallest absolute Gasteiger partial charge is 0.132 e. The SMILES string of the molecule is C.C.C.C.C.C1=CCC=C1.CC#CC(C)CCCCCCC.CCCCCCCCCC(OC)C(CCCCCCC)OC.CCCCCCCCCC=CC[SiH3].CCCCCCCCCCC(=O)CCCCCCC.CCCCCCCCCC[SiH2]CC. The van der Waals surface area contributed by atoms with Crippen molar-refractivity contribution in [3.8, 4) is 11.8 Å². The summed E-state index contributed by atoms with van der Waals surface area (Å²) >= 11 is 0. The number of unbranched alkanes of at least 4 members (excludes halogenated alkanes) is 39. The standard InChI is InChI=1S/C20H42O2.C18H36O.C12H28Si.C12H26Si.C12H22.C5H6.5CH4/c1-5-7-9-11-12-14-16-18-20(22-4)19(21-3)17-15-13-10-8-6-2;1-3-5-7-9-10-11-13-15-17-18(19)16-14-12-8-6-4-2;1-3-5-6-7-8-9-10-11-12-13-4-2;1-2-3-4-5-6-7-8-9-10-11-12-13;1-4-6-7-8-9-11-12(3)10-5-2;1-2-4-5-3-1;;;;;/h19-20H,5-18H2,1-4H3;3-17H2,1-2H3;3-13H2,1-2H3;10-11H,2-9,12H2,1,13H3;12H,4,6-9,11H2,1-3H3;1-4H,5H2;5*1H4. The number of hydrogen-bond donors (Lipinski definition) is 0. The van der Waals surface area contributed by atoms with E-state index in [1.807, 2.05) is 21.1 Å². The molecule has 0 aromatic rings. The lowest BCUT2D eigenvalue weighted by Gasteiger charge is -2.25. The fourth-order valence-electron chi connectivity index (χ4n) is 10.7. The number of carbonyl (C=O) groups excluding carboxylic acids is 1. The molecule has 0 aliphatic heterocycles. The zero-order chi connectivity index (χ0) is 63.0. The Balaban J connectivity index is -0.000000108. The van der Waals surface area contributed by atoms with Crippen LogP contribution in [0.3, 0.4) is 0 Å². The van der Waals surface area contributed by atoms with Crippen molar-refractivity contribution in [3.63, 3.8) is 0 Å². The van der Waals surface area contributed by atoms with Gasteiger partial charge >= 0.3 is 0 Å². The highest BCUT2D eigenvalue weighted by atomic mass is 28.2. The van der Waals surface area contributed by atoms with Gasteiger partial charge in [0.05, 0.1) is 12.2 Å². The highest BCUT2D eigenvalue weighted by Crippen LogP contribution is 2.20. The summed E-state index contributed by atoms with van der Waals surface area (Å²) < 4.78 is 11.4. The molecule has 0 spiro atoms. The summed E-state index contributed by atoms with van der Waals surface area (Å²) in [5.41, 5.74) is 0. The van der Waals surface area contributed by atoms with Crippen LogP contribution in [0.4, 0.5) is 0 Å². The molecule has 0 saturated carbocycles. The summed E-state index contributed by atoms with van der Waals surface area (Å²) in [6.45, 7) is 22.3. The number of ketones is 1. The highest BCUT2D eigenvalue weighted by molar-refractivity contribution is 6.35. The topological polar surface area (TPSA) is 35.5 Å². The average molecular weight is 1290 g/mol. The fourth-order valence-corrected chi connectivity index (χ4v) is 12.2. The Morgan fingerprint density at radius 3 is 1.00 bits per heavy atom. The van der Waals surface area contributed by atoms with E-state index in [0.717, 1.165) is 44.9 Å². The van der Waals surface area contributed by atoms with E-state index >= 15 is 0 Å². The van der Waals surface area contributed by atoms with Crippen LogP contribution in [0, 0.1) is 17.8 Å². The molecule has 0 heterocycles. The van der Waals surface area contributed by atoms with E-state index in [0.29, 0.717) is 21.2 Å². The van der Waals surface area contributed by atoms with Crippen LogP contribution in [0.25, 0.3) is 0 Å². The van der Waals surface area contributed by atoms with Crippen molar-refractivity contribution in [1.29, 1.82) is 0 Å². The molecule has 3 unspecified atom stereocenters. The minimum absolute atomic E-state index is 0. The van der Waals surface area contributed by atoms with Crippen LogP contribution >= 0.6 is 0 Å². The van der Waals surface area contributed by atoms with Crippen molar-refractivity contribution < 1.29 is 14.3 Å². The van der Waals surface area contributed by atoms with Crippen molar-refractivity contribution in [2.45, 2.75) is 471 Å². The second kappa shape index (κ2) is 108. The van der Waals surface area contributed by atoms with Crippen LogP contribution in [0.1, 0.15) is 440 Å². The van der Waals surface area contributed by atoms with Crippen LogP contribution in [0.5, 0.6) is 0 Å². The van der Waals surface area contributed by atoms with Gasteiger partial charge in [0.2, 0.25) is 0 Å². The lowest BCUT2D eigenvalue weighted by Crippen LogP contribution is -2.30. The van der Waals surface area contributed by atoms with Crippen molar-refractivity contribution in [3.05, 3.63) is 36.5 Å². The molecule has 0 radical (unpaired) electrons. The van der Waals surface area contributed by atoms with Gasteiger partial charge in [0.15, 0.2) is 0 Å². The Morgan fingerprint density at radius 2 is 0.719 bits per heavy atom. The Kier molecular flexibility index (Phi) is 133. The fraction of sp³-hybridized carbons (Fsp3) is 0.893. The quantitative estimate of drug-likeness (QED) is 0.0263. The average Bonchev–Trinajstić information content (AvgIpc) is 4.17. The van der Waals surface area contributed by atoms with Crippen LogP contribution in [-0.4, -0.2) is 52.0 Å². The number of rotatable bonds is 57. The maximum atomic E-state index is 11.6. The molecule has 0 aromatic carbocycles. The normalized spacial score (nSPS) is 11.8. The number of allylic oxidation sites excluding steroid dienone is 6. The largest absolute Gasteiger partial charge is 0.379 e. The van der Waals surface area contributed by atoms with Gasteiger partial charge in [0.1, 0.15) is 5.78 Å². The Bertz CT molecular complexity index is 1260. The molecule has 3 nitrogen and oxygen atoms in total. The van der Waals surface area contributed by atoms with Gasteiger partial charge < -0.3 is 9.47 Å². The van der Waals surface area contributed by atoms with Gasteiger partial charge in [-0.25, -0.2) is 0 Å². The number of hydrogen-bond acceptors (Lipinski definition) is 3. The zero-order valence-corrected chi connectivity index (χ0v) is 63.9. The van der Waals surface area contributed by atoms with Crippen molar-refractivity contribution >= 4 is 25.5 Å². The summed E-state index contributed by atoms with van der Waals surface area (Å²) in [5.74, 6) is 7.27. The predicted octanol–water partition coefficient (Wildman–Crippen LogP) is 29.3. The third kappa shape index (κ3) is 112. The maximum absolute atomic E-state index is 11.6. The first kappa shape index (κ1) is 109. The molecule has 0 N–H and O–H groups in total. The first-order chi connectivity index (χ1) is 41.2. The molecule has 0 fully saturated rings. The minimum Gasteiger partial charge on any atom is -0.379 e. The highest BCUT2D eigenvalue weighted by Gasteiger charge is 2.20.